The molecular weight excluding hydrogens is 275 g/mol. The van der Waals surface area contributed by atoms with Gasteiger partial charge in [0.2, 0.25) is 5.91 Å². The summed E-state index contributed by atoms with van der Waals surface area (Å²) in [5.74, 6) is -0.489. The zero-order valence-electron chi connectivity index (χ0n) is 10.7. The summed E-state index contributed by atoms with van der Waals surface area (Å²) in [5.41, 5.74) is -0.229. The van der Waals surface area contributed by atoms with Gasteiger partial charge in [-0.15, -0.1) is 0 Å². The Kier molecular flexibility index (Phi) is 3.88. The van der Waals surface area contributed by atoms with Gasteiger partial charge in [0.25, 0.3) is 0 Å². The van der Waals surface area contributed by atoms with Crippen LogP contribution in [0.4, 0.5) is 13.2 Å². The third-order valence-corrected chi connectivity index (χ3v) is 3.62. The van der Waals surface area contributed by atoms with E-state index in [0.717, 1.165) is 0 Å². The molecule has 0 N–H and O–H groups in total. The van der Waals surface area contributed by atoms with Crippen molar-refractivity contribution in [3.63, 3.8) is 0 Å². The van der Waals surface area contributed by atoms with E-state index in [0.29, 0.717) is 38.1 Å². The Balaban J connectivity index is 1.80. The molecule has 0 aromatic heterocycles. The van der Waals surface area contributed by atoms with E-state index in [1.165, 1.54) is 4.90 Å². The molecule has 0 aromatic carbocycles. The highest BCUT2D eigenvalue weighted by Gasteiger charge is 2.43. The van der Waals surface area contributed by atoms with Crippen LogP contribution in [0.1, 0.15) is 32.1 Å². The maximum atomic E-state index is 12.1. The Morgan fingerprint density at radius 1 is 1.45 bits per heavy atom. The fourth-order valence-electron chi connectivity index (χ4n) is 2.42. The Morgan fingerprint density at radius 2 is 2.10 bits per heavy atom. The average molecular weight is 289 g/mol. The fraction of sp³-hybridized carbons (Fsp3) is 0.750. The molecule has 1 fully saturated rings. The molecule has 2 heterocycles. The zero-order chi connectivity index (χ0) is 14.8. The first-order chi connectivity index (χ1) is 9.34. The van der Waals surface area contributed by atoms with E-state index in [9.17, 15) is 18.0 Å². The third kappa shape index (κ3) is 3.40. The van der Waals surface area contributed by atoms with Crippen molar-refractivity contribution >= 4 is 11.6 Å². The first kappa shape index (κ1) is 14.6. The minimum absolute atomic E-state index is 0.321. The number of nitrogens with zero attached hydrogens (tertiary/aromatic N) is 3. The van der Waals surface area contributed by atoms with Crippen molar-refractivity contribution < 1.29 is 22.8 Å². The number of carbonyl (C=O) groups is 1. The lowest BCUT2D eigenvalue weighted by Crippen LogP contribution is -2.46. The summed E-state index contributed by atoms with van der Waals surface area (Å²) in [4.78, 5) is 18.4. The number of rotatable bonds is 2. The maximum Gasteiger partial charge on any atom is 0.389 e. The van der Waals surface area contributed by atoms with Crippen LogP contribution in [-0.4, -0.2) is 41.4 Å². The predicted molar refractivity (Wildman–Crippen MR) is 62.6 cm³/mol. The van der Waals surface area contributed by atoms with Gasteiger partial charge in [0.05, 0.1) is 6.42 Å². The minimum Gasteiger partial charge on any atom is -0.388 e. The largest absolute Gasteiger partial charge is 0.389 e. The van der Waals surface area contributed by atoms with E-state index in [1.54, 1.807) is 0 Å². The number of nitriles is 1. The quantitative estimate of drug-likeness (QED) is 0.780. The normalized spacial score (nSPS) is 21.3. The van der Waals surface area contributed by atoms with E-state index in [1.807, 2.05) is 6.07 Å². The number of hydrogen-bond acceptors (Lipinski definition) is 4. The number of hydrogen-bond donors (Lipinski definition) is 0. The van der Waals surface area contributed by atoms with Crippen LogP contribution >= 0.6 is 0 Å². The molecule has 2 rings (SSSR count). The van der Waals surface area contributed by atoms with Gasteiger partial charge in [0, 0.05) is 38.8 Å². The van der Waals surface area contributed by atoms with Crippen molar-refractivity contribution in [1.29, 1.82) is 5.26 Å². The minimum atomic E-state index is -4.31. The zero-order valence-corrected chi connectivity index (χ0v) is 10.7. The SMILES string of the molecule is N#CC1=NOC2(CCN(C(=O)CCC(F)(F)F)CC2)C1. The third-order valence-electron chi connectivity index (χ3n) is 3.62. The predicted octanol–water partition coefficient (Wildman–Crippen LogP) is 1.99. The summed E-state index contributed by atoms with van der Waals surface area (Å²) >= 11 is 0. The van der Waals surface area contributed by atoms with Crippen molar-refractivity contribution in [1.82, 2.24) is 4.90 Å². The monoisotopic (exact) mass is 289 g/mol. The molecule has 20 heavy (non-hydrogen) atoms. The molecule has 0 radical (unpaired) electrons. The molecular formula is C12H14F3N3O2. The molecule has 0 aromatic rings. The van der Waals surface area contributed by atoms with Crippen molar-refractivity contribution in [2.45, 2.75) is 43.9 Å². The lowest BCUT2D eigenvalue weighted by Gasteiger charge is -2.37. The number of carbonyl (C=O) groups excluding carboxylic acids is 1. The van der Waals surface area contributed by atoms with Crippen LogP contribution < -0.4 is 0 Å². The fourth-order valence-corrected chi connectivity index (χ4v) is 2.42. The Bertz CT molecular complexity index is 460. The topological polar surface area (TPSA) is 65.7 Å². The summed E-state index contributed by atoms with van der Waals surface area (Å²) < 4.78 is 36.2. The molecule has 5 nitrogen and oxygen atoms in total. The van der Waals surface area contributed by atoms with Crippen molar-refractivity contribution in [2.75, 3.05) is 13.1 Å². The van der Waals surface area contributed by atoms with Crippen LogP contribution in [0, 0.1) is 11.3 Å². The Labute approximate surface area is 114 Å². The molecule has 2 aliphatic heterocycles. The molecule has 1 amide bonds. The molecule has 1 spiro atoms. The van der Waals surface area contributed by atoms with Crippen molar-refractivity contribution in [2.24, 2.45) is 5.16 Å². The van der Waals surface area contributed by atoms with Gasteiger partial charge in [0.1, 0.15) is 11.7 Å². The van der Waals surface area contributed by atoms with Crippen molar-refractivity contribution in [3.8, 4) is 6.07 Å². The van der Waals surface area contributed by atoms with Gasteiger partial charge >= 0.3 is 6.18 Å². The van der Waals surface area contributed by atoms with Gasteiger partial charge in [-0.05, 0) is 0 Å². The van der Waals surface area contributed by atoms with Gasteiger partial charge in [0.15, 0.2) is 5.71 Å². The van der Waals surface area contributed by atoms with E-state index in [4.69, 9.17) is 10.1 Å². The van der Waals surface area contributed by atoms with Gasteiger partial charge in [-0.25, -0.2) is 0 Å². The molecule has 110 valence electrons. The molecule has 0 unspecified atom stereocenters. The van der Waals surface area contributed by atoms with Crippen LogP contribution in [0.2, 0.25) is 0 Å². The van der Waals surface area contributed by atoms with E-state index in [-0.39, 0.29) is 0 Å². The number of halogens is 3. The van der Waals surface area contributed by atoms with Crippen molar-refractivity contribution in [3.05, 3.63) is 0 Å². The van der Waals surface area contributed by atoms with Crippen LogP contribution in [0.25, 0.3) is 0 Å². The van der Waals surface area contributed by atoms with Gasteiger partial charge in [-0.1, -0.05) is 5.16 Å². The highest BCUT2D eigenvalue weighted by atomic mass is 19.4. The van der Waals surface area contributed by atoms with E-state index >= 15 is 0 Å². The summed E-state index contributed by atoms with van der Waals surface area (Å²) in [5, 5.41) is 12.4. The summed E-state index contributed by atoms with van der Waals surface area (Å²) in [6.07, 6.45) is -4.54. The lowest BCUT2D eigenvalue weighted by molar-refractivity contribution is -0.152. The second-order valence-electron chi connectivity index (χ2n) is 5.10. The molecule has 0 saturated carbocycles. The number of alkyl halides is 3. The second kappa shape index (κ2) is 5.31. The summed E-state index contributed by atoms with van der Waals surface area (Å²) in [6, 6.07) is 1.93. The second-order valence-corrected chi connectivity index (χ2v) is 5.10. The molecule has 8 heteroatoms. The number of oxime groups is 1. The van der Waals surface area contributed by atoms with Crippen LogP contribution in [-0.2, 0) is 9.63 Å². The number of likely N-dealkylation sites (tertiary alicyclic amines) is 1. The standard InChI is InChI=1S/C12H14F3N3O2/c13-12(14,15)2-1-10(19)18-5-3-11(4-6-18)7-9(8-16)17-20-11/h1-7H2. The Hall–Kier alpha value is -1.78. The first-order valence-electron chi connectivity index (χ1n) is 6.33. The van der Waals surface area contributed by atoms with Crippen LogP contribution in [0.15, 0.2) is 5.16 Å². The van der Waals surface area contributed by atoms with Crippen LogP contribution in [0.3, 0.4) is 0 Å². The highest BCUT2D eigenvalue weighted by Crippen LogP contribution is 2.34. The smallest absolute Gasteiger partial charge is 0.388 e. The number of amides is 1. The maximum absolute atomic E-state index is 12.1. The van der Waals surface area contributed by atoms with Crippen LogP contribution in [0.5, 0.6) is 0 Å². The first-order valence-corrected chi connectivity index (χ1v) is 6.33. The van der Waals surface area contributed by atoms with E-state index in [2.05, 4.69) is 5.16 Å². The number of piperidine rings is 1. The summed E-state index contributed by atoms with van der Waals surface area (Å²) in [6.45, 7) is 0.676. The summed E-state index contributed by atoms with van der Waals surface area (Å²) in [7, 11) is 0. The average Bonchev–Trinajstić information content (AvgIpc) is 2.79. The van der Waals surface area contributed by atoms with Gasteiger partial charge in [-0.3, -0.25) is 4.79 Å². The Morgan fingerprint density at radius 3 is 2.60 bits per heavy atom. The van der Waals surface area contributed by atoms with E-state index < -0.39 is 30.5 Å². The molecule has 0 aliphatic carbocycles. The molecule has 0 atom stereocenters. The van der Waals surface area contributed by atoms with Gasteiger partial charge in [-0.2, -0.15) is 18.4 Å². The van der Waals surface area contributed by atoms with Gasteiger partial charge < -0.3 is 9.74 Å². The highest BCUT2D eigenvalue weighted by molar-refractivity contribution is 5.99. The molecule has 1 saturated heterocycles. The lowest BCUT2D eigenvalue weighted by atomic mass is 9.87. The molecule has 2 aliphatic rings. The molecule has 0 bridgehead atoms.